The number of aromatic nitrogens is 4. The molecule has 25 nitrogen and oxygen atoms in total. The SMILES string of the molecule is CN(CC(=O)O[C@H]1[C@@H](OP(=O)(O)O)[C@H](n2cnc3c(N)ncnc32)O[C@@H]1COP(=O)(O)OP(=O)(O)OP(=O)(O)O)C(=N)N. The van der Waals surface area contributed by atoms with E-state index < -0.39 is 80.9 Å². The number of carbonyl (C=O) groups excluding carboxylic acids is 1. The zero-order chi connectivity index (χ0) is 32.5. The topological polar surface area (TPSA) is 385 Å². The molecular formula is C14H24N8O17P4. The number of ether oxygens (including phenoxy) is 2. The molecule has 0 bridgehead atoms. The number of carbonyl (C=O) groups is 1. The van der Waals surface area contributed by atoms with Crippen LogP contribution in [0.4, 0.5) is 5.82 Å². The molecule has 2 unspecified atom stereocenters. The van der Waals surface area contributed by atoms with Crippen molar-refractivity contribution in [2.45, 2.75) is 24.5 Å². The Labute approximate surface area is 238 Å². The van der Waals surface area contributed by atoms with E-state index in [1.54, 1.807) is 0 Å². The molecule has 1 aliphatic rings. The van der Waals surface area contributed by atoms with Crippen LogP contribution < -0.4 is 11.5 Å². The third-order valence-corrected chi connectivity index (χ3v) is 9.39. The molecule has 0 saturated carbocycles. The number of fused-ring (bicyclic) bond motifs is 1. The van der Waals surface area contributed by atoms with Crippen molar-refractivity contribution < 1.29 is 79.6 Å². The molecule has 11 N–H and O–H groups in total. The van der Waals surface area contributed by atoms with Crippen molar-refractivity contribution in [1.29, 1.82) is 5.41 Å². The number of nitrogens with one attached hydrogen (secondary N) is 1. The molecule has 0 amide bonds. The van der Waals surface area contributed by atoms with Gasteiger partial charge in [0, 0.05) is 7.05 Å². The predicted molar refractivity (Wildman–Crippen MR) is 135 cm³/mol. The van der Waals surface area contributed by atoms with E-state index in [9.17, 15) is 42.6 Å². The van der Waals surface area contributed by atoms with Crippen LogP contribution in [-0.4, -0.2) is 104 Å². The number of hydrogen-bond donors (Lipinski definition) is 9. The lowest BCUT2D eigenvalue weighted by atomic mass is 10.1. The summed E-state index contributed by atoms with van der Waals surface area (Å²) >= 11 is 0. The van der Waals surface area contributed by atoms with Crippen molar-refractivity contribution >= 4 is 60.2 Å². The lowest BCUT2D eigenvalue weighted by molar-refractivity contribution is -0.156. The maximum absolute atomic E-state index is 12.6. The van der Waals surface area contributed by atoms with Gasteiger partial charge in [0.25, 0.3) is 0 Å². The molecule has 0 aliphatic carbocycles. The van der Waals surface area contributed by atoms with Gasteiger partial charge in [-0.05, 0) is 0 Å². The van der Waals surface area contributed by atoms with Gasteiger partial charge < -0.3 is 55.2 Å². The molecular weight excluding hydrogens is 676 g/mol. The summed E-state index contributed by atoms with van der Waals surface area (Å²) in [6.07, 6.45) is -5.36. The fourth-order valence-electron chi connectivity index (χ4n) is 3.47. The van der Waals surface area contributed by atoms with Gasteiger partial charge in [0.1, 0.15) is 24.5 Å². The number of phosphoric ester groups is 2. The molecule has 2 aromatic heterocycles. The van der Waals surface area contributed by atoms with E-state index in [-0.39, 0.29) is 17.0 Å². The summed E-state index contributed by atoms with van der Waals surface area (Å²) in [7, 11) is -21.6. The van der Waals surface area contributed by atoms with Gasteiger partial charge >= 0.3 is 37.3 Å². The molecule has 2 aromatic rings. The maximum atomic E-state index is 12.6. The monoisotopic (exact) mass is 700 g/mol. The first-order valence-electron chi connectivity index (χ1n) is 10.9. The van der Waals surface area contributed by atoms with Crippen molar-refractivity contribution in [1.82, 2.24) is 24.4 Å². The van der Waals surface area contributed by atoms with Gasteiger partial charge in [-0.3, -0.25) is 23.8 Å². The number of imidazole rings is 1. The molecule has 242 valence electrons. The van der Waals surface area contributed by atoms with E-state index in [2.05, 4.69) is 28.1 Å². The summed E-state index contributed by atoms with van der Waals surface area (Å²) < 4.78 is 75.3. The Morgan fingerprint density at radius 2 is 1.70 bits per heavy atom. The number of hydrogen-bond acceptors (Lipinski definition) is 16. The van der Waals surface area contributed by atoms with E-state index in [1.165, 1.54) is 7.05 Å². The van der Waals surface area contributed by atoms with Gasteiger partial charge in [-0.25, -0.2) is 33.2 Å². The number of phosphoric acid groups is 4. The molecule has 0 radical (unpaired) electrons. The fourth-order valence-corrected chi connectivity index (χ4v) is 7.05. The van der Waals surface area contributed by atoms with Crippen molar-refractivity contribution in [2.24, 2.45) is 5.73 Å². The molecule has 0 aromatic carbocycles. The van der Waals surface area contributed by atoms with Crippen molar-refractivity contribution in [3.05, 3.63) is 12.7 Å². The third-order valence-electron chi connectivity index (χ3n) is 5.07. The minimum absolute atomic E-state index is 0.00521. The Bertz CT molecular complexity index is 1560. The number of rotatable bonds is 13. The summed E-state index contributed by atoms with van der Waals surface area (Å²) in [5.74, 6) is -1.88. The summed E-state index contributed by atoms with van der Waals surface area (Å²) in [5.41, 5.74) is 11.0. The maximum Gasteiger partial charge on any atom is 0.490 e. The lowest BCUT2D eigenvalue weighted by Crippen LogP contribution is -2.43. The second kappa shape index (κ2) is 12.9. The van der Waals surface area contributed by atoms with Crippen molar-refractivity contribution in [3.8, 4) is 0 Å². The van der Waals surface area contributed by atoms with Gasteiger partial charge in [-0.2, -0.15) is 8.62 Å². The van der Waals surface area contributed by atoms with Gasteiger partial charge in [0.15, 0.2) is 35.9 Å². The summed E-state index contributed by atoms with van der Waals surface area (Å²) in [6, 6.07) is 0. The molecule has 3 heterocycles. The highest BCUT2D eigenvalue weighted by Gasteiger charge is 2.53. The van der Waals surface area contributed by atoms with Crippen molar-refractivity contribution in [2.75, 3.05) is 25.9 Å². The van der Waals surface area contributed by atoms with Gasteiger partial charge in [0.05, 0.1) is 12.9 Å². The first-order valence-corrected chi connectivity index (χ1v) is 17.0. The van der Waals surface area contributed by atoms with E-state index >= 15 is 0 Å². The highest BCUT2D eigenvalue weighted by atomic mass is 31.3. The van der Waals surface area contributed by atoms with E-state index in [0.29, 0.717) is 0 Å². The normalized spacial score (nSPS) is 23.9. The standard InChI is InChI=1S/C14H24N8O17P4/c1-21(14(16)17)2-7(23)36-9-6(3-34-42(30,31)39-43(32,33)38-41(27,28)29)35-13(10(9)37-40(24,25)26)22-5-20-8-11(15)18-4-19-12(8)22/h4-6,9-10,13H,2-3H2,1H3,(H3,16,17)(H,30,31)(H,32,33)(H2,15,18,19)(H2,24,25,26)(H2,27,28,29)/t6-,9-,10-,13-/m1/s1. The number of esters is 1. The first-order chi connectivity index (χ1) is 19.6. The zero-order valence-corrected chi connectivity index (χ0v) is 24.8. The lowest BCUT2D eigenvalue weighted by Gasteiger charge is -2.26. The number of anilines is 1. The Morgan fingerprint density at radius 3 is 2.28 bits per heavy atom. The van der Waals surface area contributed by atoms with Crippen LogP contribution in [0, 0.1) is 5.41 Å². The number of guanidine groups is 1. The van der Waals surface area contributed by atoms with Crippen LogP contribution in [-0.2, 0) is 50.2 Å². The van der Waals surface area contributed by atoms with Gasteiger partial charge in [0.2, 0.25) is 0 Å². The molecule has 6 atom stereocenters. The second-order valence-corrected chi connectivity index (χ2v) is 13.9. The van der Waals surface area contributed by atoms with Crippen LogP contribution >= 0.6 is 31.3 Å². The fraction of sp³-hybridized carbons (Fsp3) is 0.500. The second-order valence-electron chi connectivity index (χ2n) is 8.29. The molecule has 0 spiro atoms. The molecule has 1 saturated heterocycles. The third kappa shape index (κ3) is 9.78. The Morgan fingerprint density at radius 1 is 1.05 bits per heavy atom. The predicted octanol–water partition coefficient (Wildman–Crippen LogP) is -2.14. The van der Waals surface area contributed by atoms with Crippen molar-refractivity contribution in [3.63, 3.8) is 0 Å². The van der Waals surface area contributed by atoms with Crippen LogP contribution in [0.5, 0.6) is 0 Å². The van der Waals surface area contributed by atoms with E-state index in [0.717, 1.165) is 22.1 Å². The smallest absolute Gasteiger partial charge is 0.455 e. The highest BCUT2D eigenvalue weighted by Crippen LogP contribution is 2.66. The Balaban J connectivity index is 1.98. The first kappa shape index (κ1) is 35.1. The molecule has 43 heavy (non-hydrogen) atoms. The number of likely N-dealkylation sites (N-methyl/N-ethyl adjacent to an activating group) is 1. The number of nitrogens with two attached hydrogens (primary N) is 2. The van der Waals surface area contributed by atoms with Gasteiger partial charge in [-0.15, -0.1) is 0 Å². The largest absolute Gasteiger partial charge is 0.490 e. The Hall–Kier alpha value is -2.43. The highest BCUT2D eigenvalue weighted by molar-refractivity contribution is 7.66. The molecule has 1 fully saturated rings. The quantitative estimate of drug-likeness (QED) is 0.0466. The minimum Gasteiger partial charge on any atom is -0.455 e. The van der Waals surface area contributed by atoms with Crippen LogP contribution in [0.25, 0.3) is 11.2 Å². The van der Waals surface area contributed by atoms with Gasteiger partial charge in [-0.1, -0.05) is 0 Å². The summed E-state index contributed by atoms with van der Waals surface area (Å²) in [6.45, 7) is -1.93. The van der Waals surface area contributed by atoms with Crippen LogP contribution in [0.2, 0.25) is 0 Å². The van der Waals surface area contributed by atoms with E-state index in [4.69, 9.17) is 40.7 Å². The summed E-state index contributed by atoms with van der Waals surface area (Å²) in [4.78, 5) is 81.0. The Kier molecular flexibility index (Phi) is 10.5. The van der Waals surface area contributed by atoms with E-state index in [1.807, 2.05) is 0 Å². The summed E-state index contributed by atoms with van der Waals surface area (Å²) in [5, 5.41) is 7.37. The average Bonchev–Trinajstić information content (AvgIpc) is 3.37. The average molecular weight is 700 g/mol. The number of nitrogens with zero attached hydrogens (tertiary/aromatic N) is 5. The van der Waals surface area contributed by atoms with Crippen LogP contribution in [0.1, 0.15) is 6.23 Å². The molecule has 29 heteroatoms. The van der Waals surface area contributed by atoms with Crippen LogP contribution in [0.3, 0.4) is 0 Å². The minimum atomic E-state index is -5.91. The van der Waals surface area contributed by atoms with Crippen LogP contribution in [0.15, 0.2) is 12.7 Å². The number of nitrogen functional groups attached to an aromatic ring is 1. The zero-order valence-electron chi connectivity index (χ0n) is 21.2. The molecule has 3 rings (SSSR count). The molecule has 1 aliphatic heterocycles.